The van der Waals surface area contributed by atoms with Gasteiger partial charge in [0.1, 0.15) is 12.4 Å². The van der Waals surface area contributed by atoms with E-state index in [0.29, 0.717) is 12.6 Å². The summed E-state index contributed by atoms with van der Waals surface area (Å²) in [5, 5.41) is 3.48. The molecule has 1 aromatic carbocycles. The Balaban J connectivity index is 1.60. The normalized spacial score (nSPS) is 18.8. The van der Waals surface area contributed by atoms with Gasteiger partial charge in [0.15, 0.2) is 0 Å². The van der Waals surface area contributed by atoms with Gasteiger partial charge in [-0.3, -0.25) is 9.88 Å². The monoisotopic (exact) mass is 311 g/mol. The summed E-state index contributed by atoms with van der Waals surface area (Å²) in [7, 11) is 0. The summed E-state index contributed by atoms with van der Waals surface area (Å²) in [4.78, 5) is 6.74. The van der Waals surface area contributed by atoms with Crippen LogP contribution in [0.5, 0.6) is 5.75 Å². The molecule has 0 aliphatic carbocycles. The quantitative estimate of drug-likeness (QED) is 0.921. The van der Waals surface area contributed by atoms with Crippen LogP contribution in [0.1, 0.15) is 22.7 Å². The third-order valence-corrected chi connectivity index (χ3v) is 4.40. The molecule has 0 spiro atoms. The van der Waals surface area contributed by atoms with Crippen molar-refractivity contribution in [2.24, 2.45) is 0 Å². The molecule has 0 amide bonds. The summed E-state index contributed by atoms with van der Waals surface area (Å²) >= 11 is 0. The maximum Gasteiger partial charge on any atom is 0.122 e. The molecule has 2 aromatic rings. The number of aryl methyl sites for hydroxylation is 2. The number of nitrogens with one attached hydrogen (secondary N) is 1. The van der Waals surface area contributed by atoms with Gasteiger partial charge in [0.05, 0.1) is 0 Å². The predicted octanol–water partition coefficient (Wildman–Crippen LogP) is 2.72. The first-order chi connectivity index (χ1) is 11.2. The fourth-order valence-corrected chi connectivity index (χ4v) is 3.05. The van der Waals surface area contributed by atoms with Crippen molar-refractivity contribution in [1.82, 2.24) is 15.2 Å². The molecule has 1 unspecified atom stereocenters. The molecule has 0 radical (unpaired) electrons. The number of benzene rings is 1. The lowest BCUT2D eigenvalue weighted by Gasteiger charge is -2.36. The Morgan fingerprint density at radius 3 is 3.04 bits per heavy atom. The molecule has 0 bridgehead atoms. The fraction of sp³-hybridized carbons (Fsp3) is 0.421. The van der Waals surface area contributed by atoms with E-state index in [-0.39, 0.29) is 0 Å². The Morgan fingerprint density at radius 2 is 2.22 bits per heavy atom. The summed E-state index contributed by atoms with van der Waals surface area (Å²) in [6, 6.07) is 10.9. The van der Waals surface area contributed by atoms with E-state index in [4.69, 9.17) is 4.74 Å². The van der Waals surface area contributed by atoms with E-state index in [1.165, 1.54) is 16.7 Å². The van der Waals surface area contributed by atoms with Gasteiger partial charge in [-0.05, 0) is 42.7 Å². The van der Waals surface area contributed by atoms with Crippen molar-refractivity contribution in [2.45, 2.75) is 19.9 Å². The summed E-state index contributed by atoms with van der Waals surface area (Å²) in [5.41, 5.74) is 3.70. The zero-order valence-corrected chi connectivity index (χ0v) is 14.0. The van der Waals surface area contributed by atoms with Crippen LogP contribution >= 0.6 is 0 Å². The minimum Gasteiger partial charge on any atom is -0.492 e. The second-order valence-corrected chi connectivity index (χ2v) is 6.16. The Morgan fingerprint density at radius 1 is 1.30 bits per heavy atom. The van der Waals surface area contributed by atoms with Crippen molar-refractivity contribution >= 4 is 0 Å². The van der Waals surface area contributed by atoms with E-state index in [1.54, 1.807) is 0 Å². The molecule has 1 saturated heterocycles. The Bertz CT molecular complexity index is 630. The van der Waals surface area contributed by atoms with Gasteiger partial charge in [-0.25, -0.2) is 0 Å². The maximum atomic E-state index is 6.03. The van der Waals surface area contributed by atoms with Crippen molar-refractivity contribution in [3.8, 4) is 5.75 Å². The number of nitrogens with zero attached hydrogens (tertiary/aromatic N) is 2. The smallest absolute Gasteiger partial charge is 0.122 e. The SMILES string of the molecule is Cc1ccc(C)c(OCCN2CCNCC2c2cccnc2)c1. The van der Waals surface area contributed by atoms with Gasteiger partial charge in [-0.1, -0.05) is 18.2 Å². The first-order valence-electron chi connectivity index (χ1n) is 8.29. The van der Waals surface area contributed by atoms with E-state index in [9.17, 15) is 0 Å². The second-order valence-electron chi connectivity index (χ2n) is 6.16. The van der Waals surface area contributed by atoms with Crippen LogP contribution in [0.2, 0.25) is 0 Å². The van der Waals surface area contributed by atoms with Crippen LogP contribution in [0.15, 0.2) is 42.7 Å². The lowest BCUT2D eigenvalue weighted by atomic mass is 10.1. The molecule has 122 valence electrons. The summed E-state index contributed by atoms with van der Waals surface area (Å²) in [6.45, 7) is 8.86. The predicted molar refractivity (Wildman–Crippen MR) is 92.8 cm³/mol. The van der Waals surface area contributed by atoms with Crippen molar-refractivity contribution in [3.63, 3.8) is 0 Å². The van der Waals surface area contributed by atoms with E-state index in [2.05, 4.69) is 53.3 Å². The molecule has 2 heterocycles. The lowest BCUT2D eigenvalue weighted by molar-refractivity contribution is 0.133. The van der Waals surface area contributed by atoms with Crippen LogP contribution in [-0.2, 0) is 0 Å². The van der Waals surface area contributed by atoms with Crippen molar-refractivity contribution in [3.05, 3.63) is 59.4 Å². The number of piperazine rings is 1. The molecule has 1 aliphatic heterocycles. The molecule has 4 nitrogen and oxygen atoms in total. The van der Waals surface area contributed by atoms with Gasteiger partial charge in [0.2, 0.25) is 0 Å². The Kier molecular flexibility index (Phi) is 5.26. The molecular formula is C19H25N3O. The number of ether oxygens (including phenoxy) is 1. The fourth-order valence-electron chi connectivity index (χ4n) is 3.05. The number of hydrogen-bond acceptors (Lipinski definition) is 4. The molecule has 1 aromatic heterocycles. The third-order valence-electron chi connectivity index (χ3n) is 4.40. The molecule has 1 fully saturated rings. The highest BCUT2D eigenvalue weighted by Crippen LogP contribution is 2.22. The molecule has 1 atom stereocenters. The van der Waals surface area contributed by atoms with E-state index >= 15 is 0 Å². The molecular weight excluding hydrogens is 286 g/mol. The Hall–Kier alpha value is -1.91. The highest BCUT2D eigenvalue weighted by Gasteiger charge is 2.23. The van der Waals surface area contributed by atoms with Crippen molar-refractivity contribution in [1.29, 1.82) is 0 Å². The maximum absolute atomic E-state index is 6.03. The number of aromatic nitrogens is 1. The van der Waals surface area contributed by atoms with Gasteiger partial charge in [0.25, 0.3) is 0 Å². The first-order valence-corrected chi connectivity index (χ1v) is 8.29. The van der Waals surface area contributed by atoms with Crippen LogP contribution in [0.25, 0.3) is 0 Å². The van der Waals surface area contributed by atoms with Gasteiger partial charge >= 0.3 is 0 Å². The number of rotatable bonds is 5. The summed E-state index contributed by atoms with van der Waals surface area (Å²) in [6.07, 6.45) is 3.80. The largest absolute Gasteiger partial charge is 0.492 e. The molecule has 4 heteroatoms. The van der Waals surface area contributed by atoms with E-state index in [0.717, 1.165) is 31.9 Å². The standard InChI is InChI=1S/C19H25N3O/c1-15-5-6-16(2)19(12-15)23-11-10-22-9-8-21-14-18(22)17-4-3-7-20-13-17/h3-7,12-13,18,21H,8-11,14H2,1-2H3. The summed E-state index contributed by atoms with van der Waals surface area (Å²) < 4.78 is 6.03. The zero-order valence-electron chi connectivity index (χ0n) is 14.0. The average Bonchev–Trinajstić information content (AvgIpc) is 2.59. The second kappa shape index (κ2) is 7.57. The van der Waals surface area contributed by atoms with Gasteiger partial charge in [-0.15, -0.1) is 0 Å². The topological polar surface area (TPSA) is 37.4 Å². The van der Waals surface area contributed by atoms with Gasteiger partial charge in [0, 0.05) is 44.6 Å². The van der Waals surface area contributed by atoms with Crippen LogP contribution in [0.4, 0.5) is 0 Å². The molecule has 1 N–H and O–H groups in total. The highest BCUT2D eigenvalue weighted by atomic mass is 16.5. The Labute approximate surface area is 138 Å². The van der Waals surface area contributed by atoms with Crippen molar-refractivity contribution in [2.75, 3.05) is 32.8 Å². The highest BCUT2D eigenvalue weighted by molar-refractivity contribution is 5.35. The molecule has 3 rings (SSSR count). The minimum absolute atomic E-state index is 0.375. The van der Waals surface area contributed by atoms with E-state index in [1.807, 2.05) is 18.5 Å². The van der Waals surface area contributed by atoms with E-state index < -0.39 is 0 Å². The van der Waals surface area contributed by atoms with Crippen LogP contribution in [0.3, 0.4) is 0 Å². The number of hydrogen-bond donors (Lipinski definition) is 1. The third kappa shape index (κ3) is 4.09. The van der Waals surface area contributed by atoms with Crippen LogP contribution in [-0.4, -0.2) is 42.7 Å². The zero-order chi connectivity index (χ0) is 16.1. The summed E-state index contributed by atoms with van der Waals surface area (Å²) in [5.74, 6) is 0.998. The first kappa shape index (κ1) is 16.0. The van der Waals surface area contributed by atoms with Gasteiger partial charge in [-0.2, -0.15) is 0 Å². The minimum atomic E-state index is 0.375. The average molecular weight is 311 g/mol. The van der Waals surface area contributed by atoms with Gasteiger partial charge < -0.3 is 10.1 Å². The van der Waals surface area contributed by atoms with Crippen LogP contribution in [0, 0.1) is 13.8 Å². The molecule has 1 aliphatic rings. The number of pyridine rings is 1. The molecule has 0 saturated carbocycles. The lowest BCUT2D eigenvalue weighted by Crippen LogP contribution is -2.47. The van der Waals surface area contributed by atoms with Crippen molar-refractivity contribution < 1.29 is 4.74 Å². The van der Waals surface area contributed by atoms with Crippen LogP contribution < -0.4 is 10.1 Å². The molecule has 23 heavy (non-hydrogen) atoms.